The normalized spacial score (nSPS) is 19.6. The molecule has 0 radical (unpaired) electrons. The number of fused-ring (bicyclic) bond motifs is 1. The third-order valence-electron chi connectivity index (χ3n) is 5.59. The van der Waals surface area contributed by atoms with Crippen LogP contribution in [0.3, 0.4) is 0 Å². The fraction of sp³-hybridized carbons (Fsp3) is 0.360. The summed E-state index contributed by atoms with van der Waals surface area (Å²) in [6.45, 7) is 3.57. The molecular formula is C25H26F2O2. The Balaban J connectivity index is 1.47. The minimum atomic E-state index is -0.381. The Morgan fingerprint density at radius 2 is 1.66 bits per heavy atom. The lowest BCUT2D eigenvalue weighted by Crippen LogP contribution is -2.26. The van der Waals surface area contributed by atoms with E-state index in [-0.39, 0.29) is 17.9 Å². The number of hydrogen-bond acceptors (Lipinski definition) is 2. The van der Waals surface area contributed by atoms with Crippen LogP contribution in [0, 0.1) is 17.6 Å². The first-order chi connectivity index (χ1) is 14.1. The maximum absolute atomic E-state index is 15.0. The lowest BCUT2D eigenvalue weighted by molar-refractivity contribution is -0.206. The minimum absolute atomic E-state index is 0.190. The molecule has 0 saturated carbocycles. The van der Waals surface area contributed by atoms with Crippen molar-refractivity contribution in [2.45, 2.75) is 38.9 Å². The van der Waals surface area contributed by atoms with Gasteiger partial charge in [0.25, 0.3) is 0 Å². The summed E-state index contributed by atoms with van der Waals surface area (Å²) in [6.07, 6.45) is 3.09. The molecule has 2 nitrogen and oxygen atoms in total. The van der Waals surface area contributed by atoms with Crippen LogP contribution in [-0.2, 0) is 22.3 Å². The zero-order valence-corrected chi connectivity index (χ0v) is 16.7. The number of halogens is 2. The molecule has 1 aliphatic heterocycles. The first-order valence-corrected chi connectivity index (χ1v) is 10.3. The Bertz CT molecular complexity index is 960. The predicted molar refractivity (Wildman–Crippen MR) is 111 cm³/mol. The van der Waals surface area contributed by atoms with E-state index in [1.807, 2.05) is 30.3 Å². The third-order valence-corrected chi connectivity index (χ3v) is 5.59. The average Bonchev–Trinajstić information content (AvgIpc) is 2.75. The lowest BCUT2D eigenvalue weighted by Gasteiger charge is -2.29. The summed E-state index contributed by atoms with van der Waals surface area (Å²) in [5, 5.41) is 1.44. The van der Waals surface area contributed by atoms with Crippen LogP contribution in [0.15, 0.2) is 54.6 Å². The zero-order valence-electron chi connectivity index (χ0n) is 16.7. The van der Waals surface area contributed by atoms with Crippen LogP contribution in [0.25, 0.3) is 10.8 Å². The van der Waals surface area contributed by atoms with Crippen LogP contribution in [0.2, 0.25) is 0 Å². The van der Waals surface area contributed by atoms with Gasteiger partial charge >= 0.3 is 0 Å². The van der Waals surface area contributed by atoms with Gasteiger partial charge in [0.2, 0.25) is 0 Å². The summed E-state index contributed by atoms with van der Waals surface area (Å²) in [7, 11) is 0. The summed E-state index contributed by atoms with van der Waals surface area (Å²) in [5.74, 6) is 0.00992. The number of ether oxygens (including phenoxy) is 2. The van der Waals surface area contributed by atoms with Crippen molar-refractivity contribution >= 4 is 10.8 Å². The Hall–Kier alpha value is -2.30. The van der Waals surface area contributed by atoms with Crippen molar-refractivity contribution in [1.29, 1.82) is 0 Å². The highest BCUT2D eigenvalue weighted by Gasteiger charge is 2.23. The Kier molecular flexibility index (Phi) is 6.22. The molecule has 29 heavy (non-hydrogen) atoms. The van der Waals surface area contributed by atoms with Gasteiger partial charge in [-0.3, -0.25) is 0 Å². The highest BCUT2D eigenvalue weighted by Crippen LogP contribution is 2.30. The van der Waals surface area contributed by atoms with Gasteiger partial charge in [-0.25, -0.2) is 8.78 Å². The van der Waals surface area contributed by atoms with Gasteiger partial charge in [0, 0.05) is 16.9 Å². The average molecular weight is 396 g/mol. The van der Waals surface area contributed by atoms with Gasteiger partial charge in [-0.15, -0.1) is 0 Å². The summed E-state index contributed by atoms with van der Waals surface area (Å²) in [5.41, 5.74) is 2.59. The van der Waals surface area contributed by atoms with E-state index in [1.165, 1.54) is 12.1 Å². The van der Waals surface area contributed by atoms with Crippen LogP contribution >= 0.6 is 0 Å². The quantitative estimate of drug-likeness (QED) is 0.482. The predicted octanol–water partition coefficient (Wildman–Crippen LogP) is 6.36. The molecule has 1 saturated heterocycles. The van der Waals surface area contributed by atoms with Gasteiger partial charge in [-0.1, -0.05) is 49.7 Å². The number of aryl methyl sites for hydroxylation is 2. The van der Waals surface area contributed by atoms with Gasteiger partial charge in [-0.2, -0.15) is 0 Å². The van der Waals surface area contributed by atoms with Crippen LogP contribution in [0.5, 0.6) is 0 Å². The lowest BCUT2D eigenvalue weighted by atomic mass is 9.98. The molecule has 152 valence electrons. The smallest absolute Gasteiger partial charge is 0.183 e. The molecule has 0 unspecified atom stereocenters. The number of rotatable bonds is 6. The molecule has 0 bridgehead atoms. The highest BCUT2D eigenvalue weighted by atomic mass is 19.1. The van der Waals surface area contributed by atoms with E-state index in [4.69, 9.17) is 9.47 Å². The van der Waals surface area contributed by atoms with Crippen LogP contribution in [-0.4, -0.2) is 13.2 Å². The molecule has 0 aliphatic carbocycles. The highest BCUT2D eigenvalue weighted by molar-refractivity contribution is 5.84. The van der Waals surface area contributed by atoms with Crippen molar-refractivity contribution in [2.24, 2.45) is 5.92 Å². The van der Waals surface area contributed by atoms with E-state index < -0.39 is 0 Å². The summed E-state index contributed by atoms with van der Waals surface area (Å²) in [4.78, 5) is 0. The number of benzene rings is 3. The molecule has 3 aromatic carbocycles. The fourth-order valence-corrected chi connectivity index (χ4v) is 3.94. The van der Waals surface area contributed by atoms with E-state index in [2.05, 4.69) is 6.92 Å². The standard InChI is InChI=1S/C25H26F2O2/c1-2-3-18-15-28-25(29-16-18)21-10-13-23-20(14-21)9-8-19(24(23)27)7-4-17-5-11-22(26)12-6-17/h5-6,8-14,18,25H,2-4,7,15-16H2,1H3. The van der Waals surface area contributed by atoms with E-state index in [0.29, 0.717) is 42.9 Å². The summed E-state index contributed by atoms with van der Waals surface area (Å²) >= 11 is 0. The van der Waals surface area contributed by atoms with Crippen molar-refractivity contribution in [3.8, 4) is 0 Å². The van der Waals surface area contributed by atoms with Gasteiger partial charge in [0.05, 0.1) is 13.2 Å². The van der Waals surface area contributed by atoms with Crippen molar-refractivity contribution < 1.29 is 18.3 Å². The fourth-order valence-electron chi connectivity index (χ4n) is 3.94. The molecule has 3 aromatic rings. The molecule has 1 fully saturated rings. The first kappa shape index (κ1) is 20.0. The largest absolute Gasteiger partial charge is 0.348 e. The molecule has 0 amide bonds. The van der Waals surface area contributed by atoms with Crippen molar-refractivity contribution in [1.82, 2.24) is 0 Å². The Labute approximate surface area is 170 Å². The number of hydrogen-bond donors (Lipinski definition) is 0. The second-order valence-electron chi connectivity index (χ2n) is 7.80. The first-order valence-electron chi connectivity index (χ1n) is 10.3. The van der Waals surface area contributed by atoms with Gasteiger partial charge < -0.3 is 9.47 Å². The SMILES string of the molecule is CCCC1COC(c2ccc3c(F)c(CCc4ccc(F)cc4)ccc3c2)OC1. The van der Waals surface area contributed by atoms with Crippen LogP contribution < -0.4 is 0 Å². The Morgan fingerprint density at radius 3 is 2.38 bits per heavy atom. The molecule has 0 N–H and O–H groups in total. The van der Waals surface area contributed by atoms with E-state index >= 15 is 4.39 Å². The molecule has 1 aliphatic rings. The molecule has 0 atom stereocenters. The maximum atomic E-state index is 15.0. The van der Waals surface area contributed by atoms with Gasteiger partial charge in [0.15, 0.2) is 6.29 Å². The van der Waals surface area contributed by atoms with E-state index in [1.54, 1.807) is 12.1 Å². The maximum Gasteiger partial charge on any atom is 0.183 e. The van der Waals surface area contributed by atoms with E-state index in [0.717, 1.165) is 29.4 Å². The molecule has 0 spiro atoms. The molecule has 1 heterocycles. The van der Waals surface area contributed by atoms with Crippen molar-refractivity contribution in [3.05, 3.63) is 82.9 Å². The summed E-state index contributed by atoms with van der Waals surface area (Å²) in [6, 6.07) is 15.8. The van der Waals surface area contributed by atoms with Gasteiger partial charge in [0.1, 0.15) is 11.6 Å². The van der Waals surface area contributed by atoms with Crippen molar-refractivity contribution in [2.75, 3.05) is 13.2 Å². The molecular weight excluding hydrogens is 370 g/mol. The Morgan fingerprint density at radius 1 is 0.897 bits per heavy atom. The topological polar surface area (TPSA) is 18.5 Å². The second kappa shape index (κ2) is 9.02. The minimum Gasteiger partial charge on any atom is -0.348 e. The van der Waals surface area contributed by atoms with Gasteiger partial charge in [-0.05, 0) is 54.0 Å². The second-order valence-corrected chi connectivity index (χ2v) is 7.80. The van der Waals surface area contributed by atoms with Crippen molar-refractivity contribution in [3.63, 3.8) is 0 Å². The zero-order chi connectivity index (χ0) is 20.2. The van der Waals surface area contributed by atoms with Crippen LogP contribution in [0.4, 0.5) is 8.78 Å². The summed E-state index contributed by atoms with van der Waals surface area (Å²) < 4.78 is 39.8. The van der Waals surface area contributed by atoms with E-state index in [9.17, 15) is 4.39 Å². The third kappa shape index (κ3) is 4.65. The molecule has 4 heteroatoms. The molecule has 4 rings (SSSR count). The monoisotopic (exact) mass is 396 g/mol. The van der Waals surface area contributed by atoms with Crippen LogP contribution in [0.1, 0.15) is 42.7 Å². The molecule has 0 aromatic heterocycles.